The third-order valence-electron chi connectivity index (χ3n) is 4.56. The lowest BCUT2D eigenvalue weighted by Gasteiger charge is -2.40. The molecule has 2 nitrogen and oxygen atoms in total. The molecule has 1 heterocycles. The van der Waals surface area contributed by atoms with Gasteiger partial charge in [0.05, 0.1) is 6.10 Å². The van der Waals surface area contributed by atoms with Crippen LogP contribution < -0.4 is 4.90 Å². The van der Waals surface area contributed by atoms with Crippen molar-refractivity contribution in [2.24, 2.45) is 5.41 Å². The van der Waals surface area contributed by atoms with Crippen molar-refractivity contribution in [1.29, 1.82) is 0 Å². The molecule has 0 amide bonds. The molecule has 1 aliphatic heterocycles. The fourth-order valence-corrected chi connectivity index (χ4v) is 2.62. The molecule has 1 fully saturated rings. The number of hydrogen-bond acceptors (Lipinski definition) is 2. The fourth-order valence-electron chi connectivity index (χ4n) is 2.62. The van der Waals surface area contributed by atoms with E-state index in [2.05, 4.69) is 30.9 Å². The summed E-state index contributed by atoms with van der Waals surface area (Å²) in [6.07, 6.45) is 3.47. The Morgan fingerprint density at radius 3 is 2.22 bits per heavy atom. The van der Waals surface area contributed by atoms with E-state index >= 15 is 0 Å². The molecular weight excluding hydrogens is 222 g/mol. The first kappa shape index (κ1) is 13.4. The third kappa shape index (κ3) is 2.86. The highest BCUT2D eigenvalue weighted by molar-refractivity contribution is 5.48. The molecule has 18 heavy (non-hydrogen) atoms. The highest BCUT2D eigenvalue weighted by Gasteiger charge is 2.28. The quantitative estimate of drug-likeness (QED) is 0.879. The number of rotatable bonds is 3. The Bertz CT molecular complexity index is 375. The van der Waals surface area contributed by atoms with Gasteiger partial charge >= 0.3 is 0 Å². The van der Waals surface area contributed by atoms with Crippen LogP contribution in [0.4, 0.5) is 5.69 Å². The minimum atomic E-state index is -0.371. The summed E-state index contributed by atoms with van der Waals surface area (Å²) in [7, 11) is 0. The average molecular weight is 247 g/mol. The molecule has 0 radical (unpaired) electrons. The van der Waals surface area contributed by atoms with Crippen molar-refractivity contribution in [2.45, 2.75) is 46.1 Å². The van der Waals surface area contributed by atoms with E-state index in [1.165, 1.54) is 24.9 Å². The first-order valence-electron chi connectivity index (χ1n) is 7.07. The number of anilines is 1. The Labute approximate surface area is 111 Å². The van der Waals surface area contributed by atoms with Gasteiger partial charge in [0.2, 0.25) is 0 Å². The lowest BCUT2D eigenvalue weighted by atomic mass is 9.78. The highest BCUT2D eigenvalue weighted by Crippen LogP contribution is 2.35. The maximum Gasteiger partial charge on any atom is 0.0761 e. The summed E-state index contributed by atoms with van der Waals surface area (Å²) in [6.45, 7) is 8.81. The van der Waals surface area contributed by atoms with Crippen molar-refractivity contribution < 1.29 is 5.11 Å². The molecule has 0 bridgehead atoms. The maximum absolute atomic E-state index is 9.51. The highest BCUT2D eigenvalue weighted by atomic mass is 16.3. The zero-order chi connectivity index (χ0) is 13.2. The summed E-state index contributed by atoms with van der Waals surface area (Å²) in [4.78, 5) is 2.46. The Balaban J connectivity index is 2.01. The van der Waals surface area contributed by atoms with Crippen molar-refractivity contribution >= 4 is 5.69 Å². The van der Waals surface area contributed by atoms with Gasteiger partial charge < -0.3 is 10.0 Å². The molecule has 1 unspecified atom stereocenters. The van der Waals surface area contributed by atoms with Gasteiger partial charge in [0.15, 0.2) is 0 Å². The SMILES string of the molecule is CCC1(C)CCN(c2ccc(C(C)O)cc2)CC1. The monoisotopic (exact) mass is 247 g/mol. The van der Waals surface area contributed by atoms with Gasteiger partial charge in [-0.15, -0.1) is 0 Å². The van der Waals surface area contributed by atoms with Crippen molar-refractivity contribution in [2.75, 3.05) is 18.0 Å². The molecule has 2 rings (SSSR count). The van der Waals surface area contributed by atoms with Gasteiger partial charge in [-0.05, 0) is 42.9 Å². The van der Waals surface area contributed by atoms with Crippen LogP contribution in [0.2, 0.25) is 0 Å². The van der Waals surface area contributed by atoms with Crippen molar-refractivity contribution in [3.63, 3.8) is 0 Å². The van der Waals surface area contributed by atoms with Crippen LogP contribution in [0, 0.1) is 5.41 Å². The molecule has 1 aromatic rings. The minimum Gasteiger partial charge on any atom is -0.389 e. The van der Waals surface area contributed by atoms with Crippen LogP contribution in [-0.4, -0.2) is 18.2 Å². The lowest BCUT2D eigenvalue weighted by Crippen LogP contribution is -2.38. The number of aliphatic hydroxyl groups excluding tert-OH is 1. The van der Waals surface area contributed by atoms with Gasteiger partial charge in [-0.3, -0.25) is 0 Å². The molecule has 100 valence electrons. The fraction of sp³-hybridized carbons (Fsp3) is 0.625. The molecule has 0 saturated carbocycles. The van der Waals surface area contributed by atoms with E-state index in [-0.39, 0.29) is 6.10 Å². The summed E-state index contributed by atoms with van der Waals surface area (Å²) in [5.41, 5.74) is 2.82. The van der Waals surface area contributed by atoms with Crippen LogP contribution in [0.25, 0.3) is 0 Å². The molecule has 1 aromatic carbocycles. The molecule has 2 heteroatoms. The predicted octanol–water partition coefficient (Wildman–Crippen LogP) is 3.76. The van der Waals surface area contributed by atoms with Crippen LogP contribution in [0.1, 0.15) is 51.7 Å². The molecule has 0 spiro atoms. The van der Waals surface area contributed by atoms with Crippen LogP contribution in [0.3, 0.4) is 0 Å². The van der Waals surface area contributed by atoms with Crippen molar-refractivity contribution in [1.82, 2.24) is 0 Å². The summed E-state index contributed by atoms with van der Waals surface area (Å²) in [6, 6.07) is 8.34. The van der Waals surface area contributed by atoms with E-state index in [1.54, 1.807) is 0 Å². The van der Waals surface area contributed by atoms with Crippen molar-refractivity contribution in [3.05, 3.63) is 29.8 Å². The smallest absolute Gasteiger partial charge is 0.0761 e. The summed E-state index contributed by atoms with van der Waals surface area (Å²) in [5.74, 6) is 0. The summed E-state index contributed by atoms with van der Waals surface area (Å²) >= 11 is 0. The second-order valence-corrected chi connectivity index (χ2v) is 5.92. The number of hydrogen-bond donors (Lipinski definition) is 1. The predicted molar refractivity (Wildman–Crippen MR) is 76.9 cm³/mol. The van der Waals surface area contributed by atoms with Crippen LogP contribution >= 0.6 is 0 Å². The van der Waals surface area contributed by atoms with E-state index in [9.17, 15) is 5.11 Å². The second kappa shape index (κ2) is 5.31. The molecule has 0 aromatic heterocycles. The molecular formula is C16H25NO. The molecule has 1 atom stereocenters. The first-order chi connectivity index (χ1) is 8.54. The van der Waals surface area contributed by atoms with E-state index in [1.807, 2.05) is 19.1 Å². The average Bonchev–Trinajstić information content (AvgIpc) is 2.40. The maximum atomic E-state index is 9.51. The normalized spacial score (nSPS) is 20.8. The third-order valence-corrected chi connectivity index (χ3v) is 4.56. The largest absolute Gasteiger partial charge is 0.389 e. The molecule has 0 aliphatic carbocycles. The Hall–Kier alpha value is -1.02. The van der Waals surface area contributed by atoms with Crippen LogP contribution in [0.15, 0.2) is 24.3 Å². The van der Waals surface area contributed by atoms with E-state index in [4.69, 9.17) is 0 Å². The van der Waals surface area contributed by atoms with E-state index < -0.39 is 0 Å². The molecule has 1 aliphatic rings. The number of benzene rings is 1. The van der Waals surface area contributed by atoms with E-state index in [0.29, 0.717) is 5.41 Å². The van der Waals surface area contributed by atoms with Gasteiger partial charge in [-0.25, -0.2) is 0 Å². The van der Waals surface area contributed by atoms with Gasteiger partial charge in [0.1, 0.15) is 0 Å². The Morgan fingerprint density at radius 1 is 1.22 bits per heavy atom. The zero-order valence-electron chi connectivity index (χ0n) is 11.8. The van der Waals surface area contributed by atoms with Crippen LogP contribution in [0.5, 0.6) is 0 Å². The lowest BCUT2D eigenvalue weighted by molar-refractivity contribution is 0.199. The van der Waals surface area contributed by atoms with E-state index in [0.717, 1.165) is 18.7 Å². The Morgan fingerprint density at radius 2 is 1.78 bits per heavy atom. The molecule has 1 N–H and O–H groups in total. The van der Waals surface area contributed by atoms with Gasteiger partial charge in [0, 0.05) is 18.8 Å². The summed E-state index contributed by atoms with van der Waals surface area (Å²) in [5, 5.41) is 9.51. The number of aliphatic hydroxyl groups is 1. The number of nitrogens with zero attached hydrogens (tertiary/aromatic N) is 1. The van der Waals surface area contributed by atoms with Crippen molar-refractivity contribution in [3.8, 4) is 0 Å². The first-order valence-corrected chi connectivity index (χ1v) is 7.07. The van der Waals surface area contributed by atoms with Gasteiger partial charge in [0.25, 0.3) is 0 Å². The number of piperidine rings is 1. The van der Waals surface area contributed by atoms with Gasteiger partial charge in [-0.1, -0.05) is 32.4 Å². The zero-order valence-corrected chi connectivity index (χ0v) is 11.8. The molecule has 1 saturated heterocycles. The van der Waals surface area contributed by atoms with Gasteiger partial charge in [-0.2, -0.15) is 0 Å². The minimum absolute atomic E-state index is 0.371. The second-order valence-electron chi connectivity index (χ2n) is 5.92. The standard InChI is InChI=1S/C16H25NO/c1-4-16(3)9-11-17(12-10-16)15-7-5-14(6-8-15)13(2)18/h5-8,13,18H,4,9-12H2,1-3H3. The topological polar surface area (TPSA) is 23.5 Å². The summed E-state index contributed by atoms with van der Waals surface area (Å²) < 4.78 is 0. The Kier molecular flexibility index (Phi) is 3.96. The van der Waals surface area contributed by atoms with Crippen LogP contribution in [-0.2, 0) is 0 Å².